The zero-order chi connectivity index (χ0) is 18.1. The van der Waals surface area contributed by atoms with E-state index in [1.54, 1.807) is 0 Å². The summed E-state index contributed by atoms with van der Waals surface area (Å²) in [5.41, 5.74) is 6.72. The predicted molar refractivity (Wildman–Crippen MR) is 102 cm³/mol. The minimum Gasteiger partial charge on any atom is -0.380 e. The lowest BCUT2D eigenvalue weighted by molar-refractivity contribution is 0.0420. The molecule has 0 saturated carbocycles. The fraction of sp³-hybridized carbons (Fsp3) is 0.250. The second-order valence-electron chi connectivity index (χ2n) is 7.76. The Hall–Kier alpha value is -2.42. The molecule has 3 aromatic rings. The lowest BCUT2D eigenvalue weighted by Crippen LogP contribution is -2.48. The van der Waals surface area contributed by atoms with Gasteiger partial charge in [0.05, 0.1) is 0 Å². The van der Waals surface area contributed by atoms with E-state index < -0.39 is 11.2 Å². The molecule has 2 atom stereocenters. The summed E-state index contributed by atoms with van der Waals surface area (Å²) in [7, 11) is 0. The topological polar surface area (TPSA) is 40.5 Å². The summed E-state index contributed by atoms with van der Waals surface area (Å²) in [5.74, 6) is 0. The molecular weight excluding hydrogens is 320 g/mol. The average molecular weight is 342 g/mol. The van der Waals surface area contributed by atoms with Crippen LogP contribution in [0.5, 0.6) is 0 Å². The Morgan fingerprint density at radius 3 is 1.38 bits per heavy atom. The third-order valence-electron chi connectivity index (χ3n) is 6.45. The van der Waals surface area contributed by atoms with Crippen LogP contribution in [0.15, 0.2) is 60.7 Å². The van der Waals surface area contributed by atoms with Gasteiger partial charge in [0.25, 0.3) is 0 Å². The van der Waals surface area contributed by atoms with Crippen LogP contribution < -0.4 is 0 Å². The van der Waals surface area contributed by atoms with Crippen LogP contribution in [0.2, 0.25) is 0 Å². The van der Waals surface area contributed by atoms with Gasteiger partial charge in [-0.25, -0.2) is 0 Å². The van der Waals surface area contributed by atoms with E-state index in [9.17, 15) is 10.2 Å². The van der Waals surface area contributed by atoms with Crippen LogP contribution in [-0.2, 0) is 24.0 Å². The maximum absolute atomic E-state index is 11.4. The largest absolute Gasteiger partial charge is 0.380 e. The van der Waals surface area contributed by atoms with Crippen LogP contribution in [0.4, 0.5) is 0 Å². The van der Waals surface area contributed by atoms with Gasteiger partial charge in [-0.2, -0.15) is 0 Å². The van der Waals surface area contributed by atoms with Gasteiger partial charge in [-0.05, 0) is 58.4 Å². The van der Waals surface area contributed by atoms with Crippen molar-refractivity contribution in [2.75, 3.05) is 0 Å². The van der Waals surface area contributed by atoms with Gasteiger partial charge in [0.2, 0.25) is 0 Å². The van der Waals surface area contributed by atoms with Crippen molar-refractivity contribution in [2.24, 2.45) is 0 Å². The van der Waals surface area contributed by atoms with Crippen molar-refractivity contribution in [3.63, 3.8) is 0 Å². The van der Waals surface area contributed by atoms with Gasteiger partial charge in [-0.3, -0.25) is 0 Å². The zero-order valence-corrected chi connectivity index (χ0v) is 15.1. The summed E-state index contributed by atoms with van der Waals surface area (Å²) in [6.07, 6.45) is 1.30. The summed E-state index contributed by atoms with van der Waals surface area (Å²) < 4.78 is 0. The molecule has 3 aromatic carbocycles. The summed E-state index contributed by atoms with van der Waals surface area (Å²) in [6, 6.07) is 19.8. The first-order valence-electron chi connectivity index (χ1n) is 9.18. The van der Waals surface area contributed by atoms with Gasteiger partial charge in [0.1, 0.15) is 11.2 Å². The minimum absolute atomic E-state index is 0.649. The smallest absolute Gasteiger partial charge is 0.119 e. The Morgan fingerprint density at radius 1 is 0.615 bits per heavy atom. The number of aliphatic hydroxyl groups is 2. The van der Waals surface area contributed by atoms with Crippen molar-refractivity contribution in [3.05, 3.63) is 105 Å². The molecule has 2 aliphatic rings. The van der Waals surface area contributed by atoms with Gasteiger partial charge in [-0.15, -0.1) is 0 Å². The Kier molecular flexibility index (Phi) is 3.08. The monoisotopic (exact) mass is 342 g/mol. The second-order valence-corrected chi connectivity index (χ2v) is 7.76. The van der Waals surface area contributed by atoms with E-state index >= 15 is 0 Å². The summed E-state index contributed by atoms with van der Waals surface area (Å²) >= 11 is 0. The molecule has 0 heterocycles. The van der Waals surface area contributed by atoms with Crippen LogP contribution in [0, 0.1) is 13.8 Å². The molecule has 0 spiro atoms. The highest BCUT2D eigenvalue weighted by Crippen LogP contribution is 2.56. The van der Waals surface area contributed by atoms with E-state index in [0.717, 1.165) is 27.8 Å². The molecule has 2 N–H and O–H groups in total. The fourth-order valence-corrected chi connectivity index (χ4v) is 5.09. The van der Waals surface area contributed by atoms with Crippen molar-refractivity contribution < 1.29 is 10.2 Å². The van der Waals surface area contributed by atoms with Crippen molar-refractivity contribution in [1.29, 1.82) is 0 Å². The van der Waals surface area contributed by atoms with Crippen molar-refractivity contribution in [1.82, 2.24) is 0 Å². The van der Waals surface area contributed by atoms with Gasteiger partial charge >= 0.3 is 0 Å². The van der Waals surface area contributed by atoms with E-state index in [2.05, 4.69) is 13.8 Å². The Labute approximate surface area is 153 Å². The third-order valence-corrected chi connectivity index (χ3v) is 6.45. The molecule has 0 unspecified atom stereocenters. The third kappa shape index (κ3) is 1.78. The molecule has 5 rings (SSSR count). The molecule has 0 aliphatic heterocycles. The number of hydrogen-bond acceptors (Lipinski definition) is 2. The van der Waals surface area contributed by atoms with Crippen LogP contribution in [-0.4, -0.2) is 10.2 Å². The average Bonchev–Trinajstić information content (AvgIpc) is 2.63. The predicted octanol–water partition coefficient (Wildman–Crippen LogP) is 3.89. The molecule has 2 aliphatic carbocycles. The van der Waals surface area contributed by atoms with E-state index in [-0.39, 0.29) is 0 Å². The number of rotatable bonds is 2. The molecule has 130 valence electrons. The summed E-state index contributed by atoms with van der Waals surface area (Å²) in [5, 5.41) is 22.9. The van der Waals surface area contributed by atoms with Crippen LogP contribution >= 0.6 is 0 Å². The highest BCUT2D eigenvalue weighted by atomic mass is 16.3. The van der Waals surface area contributed by atoms with Gasteiger partial charge < -0.3 is 10.2 Å². The Morgan fingerprint density at radius 2 is 1.00 bits per heavy atom. The molecule has 26 heavy (non-hydrogen) atoms. The van der Waals surface area contributed by atoms with Gasteiger partial charge in [0, 0.05) is 12.8 Å². The molecule has 0 fully saturated rings. The van der Waals surface area contributed by atoms with Gasteiger partial charge in [0.15, 0.2) is 0 Å². The minimum atomic E-state index is -0.951. The SMILES string of the molecule is Cc1c2c(c(C)c3c1C[C@]3(O)c1ccccc1)[C@](O)(c1ccccc1)C2. The molecule has 0 amide bonds. The lowest BCUT2D eigenvalue weighted by Gasteiger charge is -2.50. The van der Waals surface area contributed by atoms with E-state index in [1.165, 1.54) is 16.7 Å². The first-order chi connectivity index (χ1) is 12.5. The highest BCUT2D eigenvalue weighted by molar-refractivity contribution is 5.68. The summed E-state index contributed by atoms with van der Waals surface area (Å²) in [4.78, 5) is 0. The van der Waals surface area contributed by atoms with Crippen LogP contribution in [0.3, 0.4) is 0 Å². The van der Waals surface area contributed by atoms with Crippen molar-refractivity contribution in [2.45, 2.75) is 37.9 Å². The van der Waals surface area contributed by atoms with Crippen molar-refractivity contribution in [3.8, 4) is 0 Å². The van der Waals surface area contributed by atoms with E-state index in [4.69, 9.17) is 0 Å². The van der Waals surface area contributed by atoms with Crippen LogP contribution in [0.25, 0.3) is 0 Å². The normalized spacial score (nSPS) is 25.7. The van der Waals surface area contributed by atoms with E-state index in [0.29, 0.717) is 12.8 Å². The Bertz CT molecular complexity index is 943. The number of hydrogen-bond donors (Lipinski definition) is 2. The molecule has 0 saturated heterocycles. The maximum atomic E-state index is 11.4. The number of benzene rings is 3. The van der Waals surface area contributed by atoms with Gasteiger partial charge in [-0.1, -0.05) is 60.7 Å². The first kappa shape index (κ1) is 15.8. The van der Waals surface area contributed by atoms with Crippen LogP contribution in [0.1, 0.15) is 44.5 Å². The molecule has 2 heteroatoms. The number of fused-ring (bicyclic) bond motifs is 2. The lowest BCUT2D eigenvalue weighted by atomic mass is 9.57. The molecule has 0 aromatic heterocycles. The van der Waals surface area contributed by atoms with Crippen molar-refractivity contribution >= 4 is 0 Å². The second kappa shape index (κ2) is 5.06. The maximum Gasteiger partial charge on any atom is 0.119 e. The molecule has 0 bridgehead atoms. The molecular formula is C24H22O2. The highest BCUT2D eigenvalue weighted by Gasteiger charge is 2.52. The molecule has 2 nitrogen and oxygen atoms in total. The standard InChI is InChI=1S/C24H22O2/c1-15-19-13-23(25,17-9-5-3-6-10-17)21(19)16(2)22-20(15)14-24(22,26)18-11-7-4-8-12-18/h3-12,25-26H,13-14H2,1-2H3/t23-,24+. The Balaban J connectivity index is 1.71. The first-order valence-corrected chi connectivity index (χ1v) is 9.18. The zero-order valence-electron chi connectivity index (χ0n) is 15.1. The molecule has 0 radical (unpaired) electrons. The fourth-order valence-electron chi connectivity index (χ4n) is 5.09. The quantitative estimate of drug-likeness (QED) is 0.742. The summed E-state index contributed by atoms with van der Waals surface area (Å²) in [6.45, 7) is 4.18. The van der Waals surface area contributed by atoms with E-state index in [1.807, 2.05) is 60.7 Å².